The number of hydrogen-bond donors (Lipinski definition) is 1. The highest BCUT2D eigenvalue weighted by atomic mass is 32.1. The number of nitrogens with zero attached hydrogens (tertiary/aromatic N) is 5. The molecule has 0 atom stereocenters. The number of piperidine rings is 1. The summed E-state index contributed by atoms with van der Waals surface area (Å²) in [5.74, 6) is 1.56. The number of aromatic nitrogens is 4. The van der Waals surface area contributed by atoms with Crippen LogP contribution in [0.5, 0.6) is 0 Å². The molecule has 1 aliphatic heterocycles. The predicted octanol–water partition coefficient (Wildman–Crippen LogP) is 5.62. The summed E-state index contributed by atoms with van der Waals surface area (Å²) < 4.78 is 2.04. The zero-order valence-corrected chi connectivity index (χ0v) is 19.7. The zero-order chi connectivity index (χ0) is 22.7. The van der Waals surface area contributed by atoms with Gasteiger partial charge in [-0.3, -0.25) is 9.47 Å². The van der Waals surface area contributed by atoms with E-state index in [0.717, 1.165) is 65.8 Å². The quantitative estimate of drug-likeness (QED) is 0.352. The Morgan fingerprint density at radius 3 is 2.38 bits per heavy atom. The van der Waals surface area contributed by atoms with E-state index in [1.807, 2.05) is 35.2 Å². The molecule has 2 aromatic carbocycles. The van der Waals surface area contributed by atoms with Crippen LogP contribution >= 0.6 is 11.3 Å². The summed E-state index contributed by atoms with van der Waals surface area (Å²) in [7, 11) is 0. The molecule has 1 saturated heterocycles. The van der Waals surface area contributed by atoms with Gasteiger partial charge in [0.2, 0.25) is 0 Å². The second-order valence-electron chi connectivity index (χ2n) is 8.68. The lowest BCUT2D eigenvalue weighted by Crippen LogP contribution is -2.38. The molecule has 0 amide bonds. The van der Waals surface area contributed by atoms with Crippen molar-refractivity contribution < 1.29 is 0 Å². The number of rotatable bonds is 6. The molecule has 4 heterocycles. The van der Waals surface area contributed by atoms with E-state index in [0.29, 0.717) is 6.04 Å². The van der Waals surface area contributed by atoms with Crippen LogP contribution in [0.15, 0.2) is 84.5 Å². The lowest BCUT2D eigenvalue weighted by molar-refractivity contribution is 0.211. The van der Waals surface area contributed by atoms with Crippen molar-refractivity contribution in [2.24, 2.45) is 0 Å². The summed E-state index contributed by atoms with van der Waals surface area (Å²) in [5, 5.41) is 5.79. The fourth-order valence-corrected chi connectivity index (χ4v) is 5.22. The fraction of sp³-hybridized carbons (Fsp3) is 0.222. The van der Waals surface area contributed by atoms with Crippen LogP contribution < -0.4 is 5.32 Å². The van der Waals surface area contributed by atoms with Gasteiger partial charge in [-0.15, -0.1) is 11.3 Å². The molecule has 0 unspecified atom stereocenters. The summed E-state index contributed by atoms with van der Waals surface area (Å²) in [5.41, 5.74) is 4.06. The summed E-state index contributed by atoms with van der Waals surface area (Å²) in [6, 6.07) is 25.4. The van der Waals surface area contributed by atoms with Gasteiger partial charge in [0, 0.05) is 31.4 Å². The van der Waals surface area contributed by atoms with Crippen molar-refractivity contribution in [3.05, 3.63) is 90.1 Å². The van der Waals surface area contributed by atoms with E-state index in [1.165, 1.54) is 5.56 Å². The van der Waals surface area contributed by atoms with Crippen LogP contribution in [-0.4, -0.2) is 43.6 Å². The first-order chi connectivity index (χ1) is 16.8. The Bertz CT molecular complexity index is 1360. The third-order valence-electron chi connectivity index (χ3n) is 6.35. The van der Waals surface area contributed by atoms with Gasteiger partial charge in [-0.1, -0.05) is 54.6 Å². The van der Waals surface area contributed by atoms with Gasteiger partial charge in [-0.2, -0.15) is 0 Å². The smallest absolute Gasteiger partial charge is 0.174 e. The molecule has 6 nitrogen and oxygen atoms in total. The summed E-state index contributed by atoms with van der Waals surface area (Å²) in [6.07, 6.45) is 4.00. The largest absolute Gasteiger partial charge is 0.365 e. The monoisotopic (exact) mass is 466 g/mol. The Morgan fingerprint density at radius 2 is 1.65 bits per heavy atom. The van der Waals surface area contributed by atoms with E-state index in [-0.39, 0.29) is 0 Å². The average molecular weight is 467 g/mol. The molecule has 0 saturated carbocycles. The van der Waals surface area contributed by atoms with Crippen LogP contribution in [0.1, 0.15) is 18.4 Å². The van der Waals surface area contributed by atoms with E-state index in [1.54, 1.807) is 11.3 Å². The van der Waals surface area contributed by atoms with Crippen LogP contribution in [0.4, 0.5) is 5.82 Å². The molecule has 1 N–H and O–H groups in total. The molecule has 3 aromatic heterocycles. The van der Waals surface area contributed by atoms with Gasteiger partial charge < -0.3 is 5.32 Å². The van der Waals surface area contributed by atoms with Gasteiger partial charge in [0.05, 0.1) is 4.88 Å². The Balaban J connectivity index is 1.27. The number of thiophene rings is 1. The number of benzene rings is 2. The van der Waals surface area contributed by atoms with Gasteiger partial charge in [-0.25, -0.2) is 15.0 Å². The maximum Gasteiger partial charge on any atom is 0.174 e. The maximum atomic E-state index is 4.93. The van der Waals surface area contributed by atoms with Crippen LogP contribution in [0, 0.1) is 0 Å². The van der Waals surface area contributed by atoms with E-state index >= 15 is 0 Å². The number of para-hydroxylation sites is 1. The minimum Gasteiger partial charge on any atom is -0.365 e. The Labute approximate surface area is 202 Å². The molecule has 0 spiro atoms. The van der Waals surface area contributed by atoms with Crippen LogP contribution in [0.25, 0.3) is 27.6 Å². The standard InChI is InChI=1S/C27H26N6S/c1-3-8-20(9-4-1)18-32-15-13-21(14-16-32)29-26-24-27(31-25(30-26)23-12-7-17-34-23)33(19-28-24)22-10-5-2-6-11-22/h1-12,17,19,21H,13-16,18H2,(H,29,30,31). The number of anilines is 1. The lowest BCUT2D eigenvalue weighted by atomic mass is 10.0. The minimum absolute atomic E-state index is 0.364. The Hall–Kier alpha value is -3.55. The molecule has 1 aliphatic rings. The van der Waals surface area contributed by atoms with Crippen molar-refractivity contribution in [2.45, 2.75) is 25.4 Å². The molecular weight excluding hydrogens is 440 g/mol. The van der Waals surface area contributed by atoms with E-state index < -0.39 is 0 Å². The second-order valence-corrected chi connectivity index (χ2v) is 9.62. The van der Waals surface area contributed by atoms with Gasteiger partial charge in [0.15, 0.2) is 22.8 Å². The van der Waals surface area contributed by atoms with Crippen LogP contribution in [0.3, 0.4) is 0 Å². The SMILES string of the molecule is c1ccc(CN2CCC(Nc3nc(-c4cccs4)nc4c3ncn4-c3ccccc3)CC2)cc1. The predicted molar refractivity (Wildman–Crippen MR) is 138 cm³/mol. The number of fused-ring (bicyclic) bond motifs is 1. The molecule has 1 fully saturated rings. The number of hydrogen-bond acceptors (Lipinski definition) is 6. The first kappa shape index (κ1) is 21.0. The summed E-state index contributed by atoms with van der Waals surface area (Å²) >= 11 is 1.66. The molecular formula is C27H26N6S. The second kappa shape index (κ2) is 9.37. The third kappa shape index (κ3) is 4.32. The van der Waals surface area contributed by atoms with Crippen molar-refractivity contribution in [1.29, 1.82) is 0 Å². The van der Waals surface area contributed by atoms with E-state index in [9.17, 15) is 0 Å². The van der Waals surface area contributed by atoms with Crippen LogP contribution in [0.2, 0.25) is 0 Å². The van der Waals surface area contributed by atoms with Crippen molar-refractivity contribution >= 4 is 28.3 Å². The Kier molecular flexibility index (Phi) is 5.79. The molecule has 6 rings (SSSR count). The first-order valence-electron chi connectivity index (χ1n) is 11.7. The first-order valence-corrected chi connectivity index (χ1v) is 12.6. The van der Waals surface area contributed by atoms with Gasteiger partial charge in [0.25, 0.3) is 0 Å². The molecule has 170 valence electrons. The van der Waals surface area contributed by atoms with Gasteiger partial charge >= 0.3 is 0 Å². The average Bonchev–Trinajstić information content (AvgIpc) is 3.57. The van der Waals surface area contributed by atoms with Crippen molar-refractivity contribution in [3.8, 4) is 16.4 Å². The van der Waals surface area contributed by atoms with Gasteiger partial charge in [0.1, 0.15) is 6.33 Å². The van der Waals surface area contributed by atoms with Gasteiger partial charge in [-0.05, 0) is 42.0 Å². The highest BCUT2D eigenvalue weighted by Crippen LogP contribution is 2.29. The fourth-order valence-electron chi connectivity index (χ4n) is 4.56. The molecule has 7 heteroatoms. The summed E-state index contributed by atoms with van der Waals surface area (Å²) in [4.78, 5) is 18.2. The normalized spacial score (nSPS) is 15.1. The van der Waals surface area contributed by atoms with E-state index in [2.05, 4.69) is 64.1 Å². The molecule has 5 aromatic rings. The molecule has 0 aliphatic carbocycles. The maximum absolute atomic E-state index is 4.93. The molecule has 0 bridgehead atoms. The highest BCUT2D eigenvalue weighted by Gasteiger charge is 2.22. The van der Waals surface area contributed by atoms with Crippen molar-refractivity contribution in [3.63, 3.8) is 0 Å². The number of nitrogens with one attached hydrogen (secondary N) is 1. The number of likely N-dealkylation sites (tertiary alicyclic amines) is 1. The highest BCUT2D eigenvalue weighted by molar-refractivity contribution is 7.13. The number of imidazole rings is 1. The summed E-state index contributed by atoms with van der Waals surface area (Å²) in [6.45, 7) is 3.14. The molecule has 0 radical (unpaired) electrons. The zero-order valence-electron chi connectivity index (χ0n) is 18.8. The topological polar surface area (TPSA) is 58.9 Å². The molecule has 34 heavy (non-hydrogen) atoms. The third-order valence-corrected chi connectivity index (χ3v) is 7.22. The Morgan fingerprint density at radius 1 is 0.882 bits per heavy atom. The van der Waals surface area contributed by atoms with Crippen molar-refractivity contribution in [1.82, 2.24) is 24.4 Å². The van der Waals surface area contributed by atoms with Crippen LogP contribution in [-0.2, 0) is 6.54 Å². The van der Waals surface area contributed by atoms with Crippen molar-refractivity contribution in [2.75, 3.05) is 18.4 Å². The lowest BCUT2D eigenvalue weighted by Gasteiger charge is -2.32. The minimum atomic E-state index is 0.364. The van der Waals surface area contributed by atoms with E-state index in [4.69, 9.17) is 15.0 Å².